The van der Waals surface area contributed by atoms with Crippen LogP contribution in [-0.4, -0.2) is 38.9 Å². The number of nitrogens with zero attached hydrogens (tertiary/aromatic N) is 3. The van der Waals surface area contributed by atoms with Gasteiger partial charge in [0.05, 0.1) is 16.8 Å². The standard InChI is InChI=1S/C25H19F7N4OS/c1-23(26)12-36(13-23)38-19-4-2-3-14(9-19)20(21(33)37)11-18-5-6-34-22(35-18)15-7-16(24(27,28)29)10-17(8-15)25(30,31)32/h2-11H,12-13H2,1H3,(H2,33,37)/b20-11+. The Balaban J connectivity index is 1.69. The van der Waals surface area contributed by atoms with Gasteiger partial charge in [0.25, 0.3) is 0 Å². The topological polar surface area (TPSA) is 72.1 Å². The number of benzene rings is 2. The minimum absolute atomic E-state index is 0.00365. The van der Waals surface area contributed by atoms with Crippen molar-refractivity contribution in [1.82, 2.24) is 14.3 Å². The van der Waals surface area contributed by atoms with Crippen molar-refractivity contribution in [3.8, 4) is 11.4 Å². The van der Waals surface area contributed by atoms with E-state index in [1.807, 2.05) is 0 Å². The summed E-state index contributed by atoms with van der Waals surface area (Å²) in [6.45, 7) is 1.96. The lowest BCUT2D eigenvalue weighted by Crippen LogP contribution is -2.53. The molecular weight excluding hydrogens is 537 g/mol. The number of nitrogens with two attached hydrogens (primary N) is 1. The van der Waals surface area contributed by atoms with Crippen molar-refractivity contribution in [2.24, 2.45) is 5.73 Å². The molecule has 0 spiro atoms. The lowest BCUT2D eigenvalue weighted by Gasteiger charge is -2.40. The van der Waals surface area contributed by atoms with Crippen molar-refractivity contribution >= 4 is 29.5 Å². The molecule has 2 N–H and O–H groups in total. The van der Waals surface area contributed by atoms with Crippen LogP contribution in [-0.2, 0) is 17.1 Å². The lowest BCUT2D eigenvalue weighted by molar-refractivity contribution is -0.143. The summed E-state index contributed by atoms with van der Waals surface area (Å²) < 4.78 is 95.2. The zero-order chi connectivity index (χ0) is 27.9. The molecule has 0 atom stereocenters. The summed E-state index contributed by atoms with van der Waals surface area (Å²) in [5.74, 6) is -1.25. The number of amides is 1. The highest BCUT2D eigenvalue weighted by Gasteiger charge is 2.39. The third kappa shape index (κ3) is 6.51. The largest absolute Gasteiger partial charge is 0.416 e. The van der Waals surface area contributed by atoms with Crippen LogP contribution in [0, 0.1) is 0 Å². The summed E-state index contributed by atoms with van der Waals surface area (Å²) in [7, 11) is 0. The molecule has 0 unspecified atom stereocenters. The van der Waals surface area contributed by atoms with Gasteiger partial charge in [0.1, 0.15) is 5.67 Å². The zero-order valence-electron chi connectivity index (χ0n) is 19.6. The van der Waals surface area contributed by atoms with Gasteiger partial charge in [-0.05, 0) is 66.9 Å². The van der Waals surface area contributed by atoms with E-state index in [4.69, 9.17) is 5.73 Å². The number of rotatable bonds is 6. The molecule has 2 aromatic carbocycles. The Bertz CT molecular complexity index is 1360. The average molecular weight is 557 g/mol. The second-order valence-corrected chi connectivity index (χ2v) is 10.0. The first-order chi connectivity index (χ1) is 17.6. The van der Waals surface area contributed by atoms with E-state index in [-0.39, 0.29) is 30.4 Å². The predicted octanol–water partition coefficient (Wildman–Crippen LogP) is 6.26. The van der Waals surface area contributed by atoms with E-state index >= 15 is 0 Å². The molecule has 5 nitrogen and oxygen atoms in total. The van der Waals surface area contributed by atoms with Crippen molar-refractivity contribution in [1.29, 1.82) is 0 Å². The van der Waals surface area contributed by atoms with Crippen LogP contribution < -0.4 is 5.73 Å². The van der Waals surface area contributed by atoms with E-state index in [9.17, 15) is 35.5 Å². The fourth-order valence-corrected chi connectivity index (χ4v) is 5.03. The van der Waals surface area contributed by atoms with Crippen molar-refractivity contribution in [2.45, 2.75) is 29.8 Å². The van der Waals surface area contributed by atoms with Crippen LogP contribution in [0.15, 0.2) is 59.6 Å². The fourth-order valence-electron chi connectivity index (χ4n) is 3.74. The Kier molecular flexibility index (Phi) is 7.28. The van der Waals surface area contributed by atoms with E-state index in [2.05, 4.69) is 9.97 Å². The predicted molar refractivity (Wildman–Crippen MR) is 128 cm³/mol. The fraction of sp³-hybridized carbons (Fsp3) is 0.240. The van der Waals surface area contributed by atoms with Gasteiger partial charge in [-0.3, -0.25) is 4.79 Å². The number of alkyl halides is 7. The second-order valence-electron chi connectivity index (χ2n) is 8.85. The number of halogens is 7. The maximum atomic E-state index is 13.8. The molecule has 1 fully saturated rings. The smallest absolute Gasteiger partial charge is 0.366 e. The van der Waals surface area contributed by atoms with Gasteiger partial charge in [-0.2, -0.15) is 26.3 Å². The maximum absolute atomic E-state index is 13.8. The number of aromatic nitrogens is 2. The molecule has 1 aliphatic rings. The molecule has 1 amide bonds. The summed E-state index contributed by atoms with van der Waals surface area (Å²) in [5.41, 5.74) is 1.19. The van der Waals surface area contributed by atoms with Crippen LogP contribution in [0.25, 0.3) is 23.0 Å². The highest BCUT2D eigenvalue weighted by Crippen LogP contribution is 2.38. The molecule has 1 aromatic heterocycles. The molecule has 0 saturated carbocycles. The SMILES string of the molecule is CC1(F)CN(Sc2cccc(/C(=C\c3ccnc(-c4cc(C(F)(F)F)cc(C(F)(F)F)c4)n3)C(N)=O)c2)C1. The van der Waals surface area contributed by atoms with Gasteiger partial charge in [0, 0.05) is 35.3 Å². The monoisotopic (exact) mass is 556 g/mol. The van der Waals surface area contributed by atoms with Gasteiger partial charge in [-0.25, -0.2) is 18.7 Å². The number of carbonyl (C=O) groups is 1. The summed E-state index contributed by atoms with van der Waals surface area (Å²) in [5, 5.41) is 0. The minimum atomic E-state index is -5.03. The van der Waals surface area contributed by atoms with E-state index in [0.717, 1.165) is 6.20 Å². The van der Waals surface area contributed by atoms with Crippen LogP contribution in [0.4, 0.5) is 30.7 Å². The zero-order valence-corrected chi connectivity index (χ0v) is 20.4. The number of hydrogen-bond acceptors (Lipinski definition) is 5. The number of carbonyl (C=O) groups excluding carboxylic acids is 1. The van der Waals surface area contributed by atoms with Gasteiger partial charge in [0.2, 0.25) is 5.91 Å². The van der Waals surface area contributed by atoms with E-state index < -0.39 is 46.4 Å². The van der Waals surface area contributed by atoms with Crippen molar-refractivity contribution in [3.63, 3.8) is 0 Å². The van der Waals surface area contributed by atoms with Crippen molar-refractivity contribution in [2.75, 3.05) is 13.1 Å². The molecule has 2 heterocycles. The molecule has 4 rings (SSSR count). The lowest BCUT2D eigenvalue weighted by atomic mass is 10.0. The molecule has 13 heteroatoms. The third-order valence-corrected chi connectivity index (χ3v) is 6.45. The summed E-state index contributed by atoms with van der Waals surface area (Å²) in [6.07, 6.45) is -7.66. The van der Waals surface area contributed by atoms with Gasteiger partial charge < -0.3 is 5.73 Å². The molecule has 1 aliphatic heterocycles. The quantitative estimate of drug-likeness (QED) is 0.221. The first kappa shape index (κ1) is 27.6. The van der Waals surface area contributed by atoms with Crippen molar-refractivity contribution < 1.29 is 35.5 Å². The molecule has 200 valence electrons. The number of hydrogen-bond donors (Lipinski definition) is 1. The Morgan fingerprint density at radius 3 is 2.21 bits per heavy atom. The van der Waals surface area contributed by atoms with Crippen LogP contribution in [0.2, 0.25) is 0 Å². The molecule has 0 radical (unpaired) electrons. The first-order valence-corrected chi connectivity index (χ1v) is 11.7. The summed E-state index contributed by atoms with van der Waals surface area (Å²) in [4.78, 5) is 20.8. The second kappa shape index (κ2) is 10.0. The van der Waals surface area contributed by atoms with Gasteiger partial charge in [-0.15, -0.1) is 0 Å². The summed E-state index contributed by atoms with van der Waals surface area (Å²) >= 11 is 1.29. The summed E-state index contributed by atoms with van der Waals surface area (Å²) in [6, 6.07) is 9.05. The van der Waals surface area contributed by atoms with E-state index in [1.54, 1.807) is 28.6 Å². The molecule has 3 aromatic rings. The normalized spacial score (nSPS) is 16.3. The minimum Gasteiger partial charge on any atom is -0.366 e. The van der Waals surface area contributed by atoms with Crippen LogP contribution in [0.5, 0.6) is 0 Å². The van der Waals surface area contributed by atoms with Gasteiger partial charge in [0.15, 0.2) is 5.82 Å². The van der Waals surface area contributed by atoms with Crippen LogP contribution in [0.3, 0.4) is 0 Å². The molecular formula is C25H19F7N4OS. The Hall–Kier alpha value is -3.45. The van der Waals surface area contributed by atoms with Crippen LogP contribution in [0.1, 0.15) is 29.3 Å². The van der Waals surface area contributed by atoms with E-state index in [1.165, 1.54) is 31.0 Å². The average Bonchev–Trinajstić information content (AvgIpc) is 2.80. The Morgan fingerprint density at radius 1 is 1.03 bits per heavy atom. The molecule has 0 bridgehead atoms. The Morgan fingerprint density at radius 2 is 1.66 bits per heavy atom. The van der Waals surface area contributed by atoms with Crippen LogP contribution >= 0.6 is 11.9 Å². The highest BCUT2D eigenvalue weighted by atomic mass is 32.2. The highest BCUT2D eigenvalue weighted by molar-refractivity contribution is 7.97. The van der Waals surface area contributed by atoms with E-state index in [0.29, 0.717) is 22.6 Å². The molecule has 38 heavy (non-hydrogen) atoms. The molecule has 1 saturated heterocycles. The molecule has 0 aliphatic carbocycles. The maximum Gasteiger partial charge on any atom is 0.416 e. The van der Waals surface area contributed by atoms with Gasteiger partial charge >= 0.3 is 12.4 Å². The van der Waals surface area contributed by atoms with Crippen molar-refractivity contribution in [3.05, 3.63) is 77.1 Å². The first-order valence-electron chi connectivity index (χ1n) is 11.0. The third-order valence-electron chi connectivity index (χ3n) is 5.47. The Labute approximate surface area is 216 Å². The number of primary amides is 1. The van der Waals surface area contributed by atoms with Gasteiger partial charge in [-0.1, -0.05) is 12.1 Å².